The SMILES string of the molecule is CCN1CCN(C(=O)C2CC3CCCN3C23C(=O)Nc2ccccc23)CC1. The highest BCUT2D eigenvalue weighted by atomic mass is 16.2. The number of benzene rings is 1. The van der Waals surface area contributed by atoms with Crippen LogP contribution in [0, 0.1) is 5.92 Å². The Hall–Kier alpha value is -1.92. The van der Waals surface area contributed by atoms with E-state index in [-0.39, 0.29) is 17.7 Å². The van der Waals surface area contributed by atoms with Crippen molar-refractivity contribution < 1.29 is 9.59 Å². The third kappa shape index (κ3) is 2.32. The molecule has 3 fully saturated rings. The van der Waals surface area contributed by atoms with E-state index < -0.39 is 5.54 Å². The average Bonchev–Trinajstić information content (AvgIpc) is 3.36. The lowest BCUT2D eigenvalue weighted by Crippen LogP contribution is -2.57. The van der Waals surface area contributed by atoms with Gasteiger partial charge in [0.1, 0.15) is 5.54 Å². The van der Waals surface area contributed by atoms with Gasteiger partial charge in [0.25, 0.3) is 0 Å². The quantitative estimate of drug-likeness (QED) is 0.859. The van der Waals surface area contributed by atoms with E-state index in [4.69, 9.17) is 0 Å². The van der Waals surface area contributed by atoms with Gasteiger partial charge in [0, 0.05) is 43.5 Å². The highest BCUT2D eigenvalue weighted by Gasteiger charge is 2.65. The molecule has 4 heterocycles. The molecule has 5 rings (SSSR count). The molecule has 0 bridgehead atoms. The zero-order valence-corrected chi connectivity index (χ0v) is 16.0. The van der Waals surface area contributed by atoms with Crippen molar-refractivity contribution in [1.29, 1.82) is 0 Å². The number of rotatable bonds is 2. The van der Waals surface area contributed by atoms with Crippen LogP contribution in [0.2, 0.25) is 0 Å². The van der Waals surface area contributed by atoms with E-state index in [9.17, 15) is 9.59 Å². The smallest absolute Gasteiger partial charge is 0.250 e. The molecule has 3 unspecified atom stereocenters. The molecule has 1 spiro atoms. The molecule has 6 heteroatoms. The Balaban J connectivity index is 1.52. The fraction of sp³-hybridized carbons (Fsp3) is 0.619. The molecule has 1 aromatic rings. The molecule has 1 aromatic carbocycles. The van der Waals surface area contributed by atoms with E-state index in [1.165, 1.54) is 0 Å². The summed E-state index contributed by atoms with van der Waals surface area (Å²) in [5.41, 5.74) is 1.07. The maximum absolute atomic E-state index is 13.6. The molecule has 144 valence electrons. The van der Waals surface area contributed by atoms with Gasteiger partial charge in [0.2, 0.25) is 11.8 Å². The van der Waals surface area contributed by atoms with Crippen LogP contribution in [-0.4, -0.2) is 71.8 Å². The third-order valence-corrected chi connectivity index (χ3v) is 7.20. The predicted molar refractivity (Wildman–Crippen MR) is 103 cm³/mol. The van der Waals surface area contributed by atoms with Crippen molar-refractivity contribution in [2.45, 2.75) is 37.8 Å². The molecule has 1 N–H and O–H groups in total. The van der Waals surface area contributed by atoms with Gasteiger partial charge in [-0.2, -0.15) is 0 Å². The van der Waals surface area contributed by atoms with E-state index in [1.54, 1.807) is 0 Å². The van der Waals surface area contributed by atoms with Crippen LogP contribution in [-0.2, 0) is 15.1 Å². The van der Waals surface area contributed by atoms with Gasteiger partial charge in [0.05, 0.1) is 5.92 Å². The van der Waals surface area contributed by atoms with E-state index in [2.05, 4.69) is 22.0 Å². The molecule has 3 atom stereocenters. The Morgan fingerprint density at radius 2 is 1.96 bits per heavy atom. The first-order valence-corrected chi connectivity index (χ1v) is 10.3. The van der Waals surface area contributed by atoms with Crippen LogP contribution in [0.1, 0.15) is 31.7 Å². The summed E-state index contributed by atoms with van der Waals surface area (Å²) in [5, 5.41) is 3.09. The second kappa shape index (κ2) is 6.31. The zero-order valence-electron chi connectivity index (χ0n) is 16.0. The maximum Gasteiger partial charge on any atom is 0.250 e. The summed E-state index contributed by atoms with van der Waals surface area (Å²) in [5.74, 6) is -0.106. The molecular formula is C21H28N4O2. The van der Waals surface area contributed by atoms with Crippen LogP contribution >= 0.6 is 0 Å². The minimum absolute atomic E-state index is 0.00126. The summed E-state index contributed by atoms with van der Waals surface area (Å²) in [6.45, 7) is 7.49. The molecule has 0 aliphatic carbocycles. The number of hydrogen-bond donors (Lipinski definition) is 1. The van der Waals surface area contributed by atoms with Crippen molar-refractivity contribution in [3.05, 3.63) is 29.8 Å². The molecular weight excluding hydrogens is 340 g/mol. The fourth-order valence-corrected chi connectivity index (χ4v) is 5.87. The summed E-state index contributed by atoms with van der Waals surface area (Å²) in [6.07, 6.45) is 3.00. The van der Waals surface area contributed by atoms with Crippen molar-refractivity contribution in [1.82, 2.24) is 14.7 Å². The number of likely N-dealkylation sites (N-methyl/N-ethyl adjacent to an activating group) is 1. The summed E-state index contributed by atoms with van der Waals surface area (Å²) in [6, 6.07) is 8.30. The first-order valence-electron chi connectivity index (χ1n) is 10.3. The topological polar surface area (TPSA) is 55.9 Å². The molecule has 4 aliphatic rings. The number of fused-ring (bicyclic) bond motifs is 4. The Kier molecular flexibility index (Phi) is 4.02. The second-order valence-electron chi connectivity index (χ2n) is 8.30. The van der Waals surface area contributed by atoms with E-state index >= 15 is 0 Å². The minimum atomic E-state index is -0.809. The molecule has 3 saturated heterocycles. The number of nitrogens with zero attached hydrogens (tertiary/aromatic N) is 3. The molecule has 27 heavy (non-hydrogen) atoms. The van der Waals surface area contributed by atoms with E-state index in [1.807, 2.05) is 29.2 Å². The van der Waals surface area contributed by atoms with Gasteiger partial charge >= 0.3 is 0 Å². The van der Waals surface area contributed by atoms with Gasteiger partial charge in [-0.1, -0.05) is 25.1 Å². The largest absolute Gasteiger partial charge is 0.340 e. The molecule has 0 aromatic heterocycles. The minimum Gasteiger partial charge on any atom is -0.340 e. The fourth-order valence-electron chi connectivity index (χ4n) is 5.87. The lowest BCUT2D eigenvalue weighted by molar-refractivity contribution is -0.145. The summed E-state index contributed by atoms with van der Waals surface area (Å²) in [4.78, 5) is 33.7. The second-order valence-corrected chi connectivity index (χ2v) is 8.30. The van der Waals surface area contributed by atoms with Crippen LogP contribution in [0.15, 0.2) is 24.3 Å². The Bertz CT molecular complexity index is 773. The van der Waals surface area contributed by atoms with Gasteiger partial charge in [-0.05, 0) is 38.4 Å². The van der Waals surface area contributed by atoms with Crippen molar-refractivity contribution in [2.24, 2.45) is 5.92 Å². The monoisotopic (exact) mass is 368 g/mol. The van der Waals surface area contributed by atoms with E-state index in [0.29, 0.717) is 6.04 Å². The predicted octanol–water partition coefficient (Wildman–Crippen LogP) is 1.48. The molecule has 0 saturated carbocycles. The van der Waals surface area contributed by atoms with Gasteiger partial charge in [-0.25, -0.2) is 0 Å². The zero-order chi connectivity index (χ0) is 18.6. The first kappa shape index (κ1) is 17.2. The number of nitrogens with one attached hydrogen (secondary N) is 1. The Labute approximate surface area is 160 Å². The number of para-hydroxylation sites is 1. The Morgan fingerprint density at radius 3 is 2.74 bits per heavy atom. The van der Waals surface area contributed by atoms with Gasteiger partial charge in [-0.15, -0.1) is 0 Å². The van der Waals surface area contributed by atoms with Crippen molar-refractivity contribution in [2.75, 3.05) is 44.6 Å². The first-order chi connectivity index (χ1) is 13.2. The molecule has 6 nitrogen and oxygen atoms in total. The lowest BCUT2D eigenvalue weighted by Gasteiger charge is -2.40. The number of piperazine rings is 1. The van der Waals surface area contributed by atoms with Crippen LogP contribution in [0.4, 0.5) is 5.69 Å². The third-order valence-electron chi connectivity index (χ3n) is 7.20. The van der Waals surface area contributed by atoms with Crippen molar-refractivity contribution >= 4 is 17.5 Å². The van der Waals surface area contributed by atoms with Crippen molar-refractivity contribution in [3.63, 3.8) is 0 Å². The van der Waals surface area contributed by atoms with Crippen LogP contribution in [0.5, 0.6) is 0 Å². The normalized spacial score (nSPS) is 33.4. The van der Waals surface area contributed by atoms with E-state index in [0.717, 1.165) is 69.8 Å². The van der Waals surface area contributed by atoms with Gasteiger partial charge in [-0.3, -0.25) is 14.5 Å². The van der Waals surface area contributed by atoms with Crippen LogP contribution in [0.3, 0.4) is 0 Å². The number of carbonyl (C=O) groups excluding carboxylic acids is 2. The number of anilines is 1. The molecule has 0 radical (unpaired) electrons. The standard InChI is InChI=1S/C21H28N4O2/c1-2-23-10-12-24(13-11-23)19(26)17-14-15-6-5-9-25(15)21(17)16-7-3-4-8-18(16)22-20(21)27/h3-4,7-8,15,17H,2,5-6,9-14H2,1H3,(H,22,27). The van der Waals surface area contributed by atoms with Gasteiger partial charge in [0.15, 0.2) is 0 Å². The maximum atomic E-state index is 13.6. The van der Waals surface area contributed by atoms with Crippen molar-refractivity contribution in [3.8, 4) is 0 Å². The summed E-state index contributed by atoms with van der Waals surface area (Å²) < 4.78 is 0. The lowest BCUT2D eigenvalue weighted by atomic mass is 9.78. The van der Waals surface area contributed by atoms with Crippen LogP contribution < -0.4 is 5.32 Å². The Morgan fingerprint density at radius 1 is 1.19 bits per heavy atom. The summed E-state index contributed by atoms with van der Waals surface area (Å²) in [7, 11) is 0. The highest BCUT2D eigenvalue weighted by Crippen LogP contribution is 2.55. The number of hydrogen-bond acceptors (Lipinski definition) is 4. The molecule has 2 amide bonds. The number of amides is 2. The highest BCUT2D eigenvalue weighted by molar-refractivity contribution is 6.09. The summed E-state index contributed by atoms with van der Waals surface area (Å²) >= 11 is 0. The van der Waals surface area contributed by atoms with Gasteiger partial charge < -0.3 is 15.1 Å². The van der Waals surface area contributed by atoms with Crippen LogP contribution in [0.25, 0.3) is 0 Å². The number of carbonyl (C=O) groups is 2. The molecule has 4 aliphatic heterocycles. The average molecular weight is 368 g/mol.